The normalized spacial score (nSPS) is 12.3. The van der Waals surface area contributed by atoms with E-state index in [9.17, 15) is 18.0 Å². The van der Waals surface area contributed by atoms with Crippen molar-refractivity contribution in [2.75, 3.05) is 27.7 Å². The van der Waals surface area contributed by atoms with Crippen molar-refractivity contribution in [1.29, 1.82) is 0 Å². The van der Waals surface area contributed by atoms with Crippen molar-refractivity contribution in [2.45, 2.75) is 30.8 Å². The second kappa shape index (κ2) is 11.3. The number of nitrogens with one attached hydrogen (secondary N) is 1. The van der Waals surface area contributed by atoms with Crippen LogP contribution in [-0.2, 0) is 26.2 Å². The van der Waals surface area contributed by atoms with Gasteiger partial charge in [-0.2, -0.15) is 4.31 Å². The summed E-state index contributed by atoms with van der Waals surface area (Å²) in [5, 5.41) is 2.98. The minimum atomic E-state index is -3.91. The molecule has 0 aliphatic carbocycles. The quantitative estimate of drug-likeness (QED) is 0.562. The van der Waals surface area contributed by atoms with Crippen LogP contribution >= 0.6 is 11.6 Å². The topological polar surface area (TPSA) is 96.0 Å². The molecule has 8 nitrogen and oxygen atoms in total. The number of carbonyl (C=O) groups is 2. The maximum Gasteiger partial charge on any atom is 0.243 e. The fourth-order valence-corrected chi connectivity index (χ4v) is 4.41. The van der Waals surface area contributed by atoms with Gasteiger partial charge in [-0.1, -0.05) is 30.7 Å². The molecule has 0 spiro atoms. The highest BCUT2D eigenvalue weighted by Crippen LogP contribution is 2.19. The zero-order valence-electron chi connectivity index (χ0n) is 18.5. The van der Waals surface area contributed by atoms with Crippen molar-refractivity contribution in [3.05, 3.63) is 59.1 Å². The van der Waals surface area contributed by atoms with E-state index in [-0.39, 0.29) is 17.3 Å². The lowest BCUT2D eigenvalue weighted by Crippen LogP contribution is -2.51. The first-order chi connectivity index (χ1) is 15.1. The van der Waals surface area contributed by atoms with Crippen molar-refractivity contribution >= 4 is 33.4 Å². The molecule has 174 valence electrons. The van der Waals surface area contributed by atoms with Gasteiger partial charge >= 0.3 is 0 Å². The lowest BCUT2D eigenvalue weighted by atomic mass is 10.1. The van der Waals surface area contributed by atoms with Gasteiger partial charge in [-0.15, -0.1) is 0 Å². The van der Waals surface area contributed by atoms with Gasteiger partial charge in [-0.3, -0.25) is 9.59 Å². The summed E-state index contributed by atoms with van der Waals surface area (Å²) in [5.41, 5.74) is 0.782. The molecular weight excluding hydrogens is 454 g/mol. The molecule has 2 aromatic rings. The van der Waals surface area contributed by atoms with E-state index >= 15 is 0 Å². The number of benzene rings is 2. The Balaban J connectivity index is 2.29. The molecule has 0 saturated heterocycles. The fraction of sp³-hybridized carbons (Fsp3) is 0.364. The van der Waals surface area contributed by atoms with Crippen molar-refractivity contribution in [2.24, 2.45) is 0 Å². The largest absolute Gasteiger partial charge is 0.497 e. The molecule has 0 saturated carbocycles. The van der Waals surface area contributed by atoms with Crippen LogP contribution in [0, 0.1) is 0 Å². The van der Waals surface area contributed by atoms with Gasteiger partial charge in [0, 0.05) is 25.7 Å². The molecule has 1 N–H and O–H groups in total. The predicted octanol–water partition coefficient (Wildman–Crippen LogP) is 2.52. The molecule has 1 atom stereocenters. The number of methoxy groups -OCH3 is 1. The predicted molar refractivity (Wildman–Crippen MR) is 123 cm³/mol. The number of likely N-dealkylation sites (N-methyl/N-ethyl adjacent to an activating group) is 2. The molecule has 0 aliphatic rings. The SMILES string of the molecule is CCC(C(=O)NC)N(Cc1ccc(OC)cc1)C(=O)CN(C)S(=O)(=O)c1ccc(Cl)cc1. The van der Waals surface area contributed by atoms with Crippen LogP contribution in [0.5, 0.6) is 5.75 Å². The summed E-state index contributed by atoms with van der Waals surface area (Å²) < 4.78 is 31.9. The standard InChI is InChI=1S/C22H28ClN3O5S/c1-5-20(22(28)24-2)26(14-16-6-10-18(31-4)11-7-16)21(27)15-25(3)32(29,30)19-12-8-17(23)9-13-19/h6-13,20H,5,14-15H2,1-4H3,(H,24,28). The molecule has 1 unspecified atom stereocenters. The fourth-order valence-electron chi connectivity index (χ4n) is 3.17. The maximum absolute atomic E-state index is 13.2. The molecule has 0 radical (unpaired) electrons. The van der Waals surface area contributed by atoms with Gasteiger partial charge in [0.1, 0.15) is 11.8 Å². The Morgan fingerprint density at radius 3 is 2.19 bits per heavy atom. The van der Waals surface area contributed by atoms with Gasteiger partial charge < -0.3 is 15.0 Å². The van der Waals surface area contributed by atoms with Crippen molar-refractivity contribution in [3.63, 3.8) is 0 Å². The van der Waals surface area contributed by atoms with Crippen LogP contribution in [0.1, 0.15) is 18.9 Å². The summed E-state index contributed by atoms with van der Waals surface area (Å²) in [6, 6.07) is 12.1. The third-order valence-electron chi connectivity index (χ3n) is 5.02. The van der Waals surface area contributed by atoms with E-state index in [1.54, 1.807) is 38.3 Å². The average Bonchev–Trinajstić information content (AvgIpc) is 2.79. The van der Waals surface area contributed by atoms with E-state index in [0.717, 1.165) is 9.87 Å². The molecule has 2 rings (SSSR count). The minimum absolute atomic E-state index is 0.0252. The monoisotopic (exact) mass is 481 g/mol. The van der Waals surface area contributed by atoms with E-state index < -0.39 is 28.5 Å². The maximum atomic E-state index is 13.2. The second-order valence-corrected chi connectivity index (χ2v) is 9.60. The molecule has 0 aliphatic heterocycles. The molecule has 2 amide bonds. The summed E-state index contributed by atoms with van der Waals surface area (Å²) in [5.74, 6) is -0.146. The number of nitrogens with zero attached hydrogens (tertiary/aromatic N) is 2. The zero-order valence-corrected chi connectivity index (χ0v) is 20.1. The van der Waals surface area contributed by atoms with E-state index in [4.69, 9.17) is 16.3 Å². The zero-order chi connectivity index (χ0) is 23.9. The van der Waals surface area contributed by atoms with Gasteiger partial charge in [-0.05, 0) is 48.4 Å². The number of sulfonamides is 1. The van der Waals surface area contributed by atoms with Crippen molar-refractivity contribution < 1.29 is 22.7 Å². The lowest BCUT2D eigenvalue weighted by molar-refractivity contribution is -0.141. The van der Waals surface area contributed by atoms with Gasteiger partial charge in [0.2, 0.25) is 21.8 Å². The van der Waals surface area contributed by atoms with Gasteiger partial charge in [-0.25, -0.2) is 8.42 Å². The summed E-state index contributed by atoms with van der Waals surface area (Å²) in [7, 11) is 0.468. The first-order valence-electron chi connectivity index (χ1n) is 9.99. The number of hydrogen-bond acceptors (Lipinski definition) is 5. The molecule has 10 heteroatoms. The summed E-state index contributed by atoms with van der Waals surface area (Å²) in [6.07, 6.45) is 0.370. The Labute approximate surface area is 194 Å². The molecule has 0 aromatic heterocycles. The third-order valence-corrected chi connectivity index (χ3v) is 7.09. The molecule has 0 fully saturated rings. The van der Waals surface area contributed by atoms with Crippen molar-refractivity contribution in [3.8, 4) is 5.75 Å². The molecule has 0 bridgehead atoms. The Morgan fingerprint density at radius 1 is 1.09 bits per heavy atom. The number of amides is 2. The van der Waals surface area contributed by atoms with Crippen LogP contribution in [0.4, 0.5) is 0 Å². The van der Waals surface area contributed by atoms with Crippen LogP contribution in [0.2, 0.25) is 5.02 Å². The number of ether oxygens (including phenoxy) is 1. The third kappa shape index (κ3) is 6.21. The molecule has 32 heavy (non-hydrogen) atoms. The highest BCUT2D eigenvalue weighted by atomic mass is 35.5. The molecule has 2 aromatic carbocycles. The van der Waals surface area contributed by atoms with Gasteiger partial charge in [0.05, 0.1) is 18.6 Å². The van der Waals surface area contributed by atoms with Crippen LogP contribution in [-0.4, -0.2) is 63.2 Å². The average molecular weight is 482 g/mol. The Morgan fingerprint density at radius 2 is 1.69 bits per heavy atom. The highest BCUT2D eigenvalue weighted by Gasteiger charge is 2.31. The van der Waals surface area contributed by atoms with E-state index in [1.165, 1.54) is 43.3 Å². The van der Waals surface area contributed by atoms with E-state index in [1.807, 2.05) is 0 Å². The van der Waals surface area contributed by atoms with Crippen molar-refractivity contribution in [1.82, 2.24) is 14.5 Å². The number of carbonyl (C=O) groups excluding carboxylic acids is 2. The second-order valence-electron chi connectivity index (χ2n) is 7.12. The summed E-state index contributed by atoms with van der Waals surface area (Å²) in [4.78, 5) is 27.1. The van der Waals surface area contributed by atoms with Gasteiger partial charge in [0.25, 0.3) is 0 Å². The van der Waals surface area contributed by atoms with Crippen LogP contribution in [0.3, 0.4) is 0 Å². The van der Waals surface area contributed by atoms with E-state index in [0.29, 0.717) is 17.2 Å². The Bertz CT molecular complexity index is 1030. The lowest BCUT2D eigenvalue weighted by Gasteiger charge is -2.31. The first kappa shape index (κ1) is 25.6. The van der Waals surface area contributed by atoms with Crippen LogP contribution < -0.4 is 10.1 Å². The molecule has 0 heterocycles. The number of hydrogen-bond donors (Lipinski definition) is 1. The Hall–Kier alpha value is -2.62. The number of halogens is 1. The molecular formula is C22H28ClN3O5S. The Kier molecular flexibility index (Phi) is 9.06. The van der Waals surface area contributed by atoms with E-state index in [2.05, 4.69) is 5.32 Å². The minimum Gasteiger partial charge on any atom is -0.497 e. The number of rotatable bonds is 10. The smallest absolute Gasteiger partial charge is 0.243 e. The summed E-state index contributed by atoms with van der Waals surface area (Å²) in [6.45, 7) is 1.51. The van der Waals surface area contributed by atoms with Gasteiger partial charge in [0.15, 0.2) is 0 Å². The first-order valence-corrected chi connectivity index (χ1v) is 11.8. The highest BCUT2D eigenvalue weighted by molar-refractivity contribution is 7.89. The van der Waals surface area contributed by atoms with Crippen LogP contribution in [0.15, 0.2) is 53.4 Å². The summed E-state index contributed by atoms with van der Waals surface area (Å²) >= 11 is 5.84. The van der Waals surface area contributed by atoms with Crippen LogP contribution in [0.25, 0.3) is 0 Å².